The molecule has 0 atom stereocenters. The molecule has 0 radical (unpaired) electrons. The first-order valence-corrected chi connectivity index (χ1v) is 9.12. The Labute approximate surface area is 172 Å². The maximum atomic E-state index is 12.7. The predicted molar refractivity (Wildman–Crippen MR) is 116 cm³/mol. The summed E-state index contributed by atoms with van der Waals surface area (Å²) in [6.07, 6.45) is 1.50. The molecule has 4 rings (SSSR count). The van der Waals surface area contributed by atoms with Gasteiger partial charge in [-0.2, -0.15) is 0 Å². The molecule has 1 aromatic heterocycles. The number of ether oxygens (including phenoxy) is 1. The molecule has 1 heterocycles. The number of carbonyl (C=O) groups excluding carboxylic acids is 1. The van der Waals surface area contributed by atoms with Crippen LogP contribution in [-0.4, -0.2) is 34.3 Å². The second kappa shape index (κ2) is 7.63. The van der Waals surface area contributed by atoms with Gasteiger partial charge in [-0.1, -0.05) is 12.1 Å². The van der Waals surface area contributed by atoms with Crippen LogP contribution in [0.2, 0.25) is 0 Å². The molecular formula is C23H19N3O4. The zero-order chi connectivity index (χ0) is 21.3. The fourth-order valence-corrected chi connectivity index (χ4v) is 3.18. The molecule has 5 N–H and O–H groups in total. The van der Waals surface area contributed by atoms with Gasteiger partial charge in [0.2, 0.25) is 0 Å². The molecule has 7 heteroatoms. The van der Waals surface area contributed by atoms with Crippen LogP contribution < -0.4 is 10.5 Å². The molecule has 0 saturated carbocycles. The summed E-state index contributed by atoms with van der Waals surface area (Å²) < 4.78 is 5.01. The number of benzene rings is 3. The van der Waals surface area contributed by atoms with Gasteiger partial charge in [-0.05, 0) is 42.5 Å². The second-order valence-corrected chi connectivity index (χ2v) is 6.71. The largest absolute Gasteiger partial charge is 0.504 e. The van der Waals surface area contributed by atoms with Crippen LogP contribution in [0.25, 0.3) is 10.9 Å². The van der Waals surface area contributed by atoms with Gasteiger partial charge in [0.25, 0.3) is 0 Å². The molecule has 0 saturated heterocycles. The van der Waals surface area contributed by atoms with E-state index < -0.39 is 0 Å². The molecule has 150 valence electrons. The van der Waals surface area contributed by atoms with Gasteiger partial charge in [0.1, 0.15) is 0 Å². The van der Waals surface area contributed by atoms with E-state index >= 15 is 0 Å². The minimum Gasteiger partial charge on any atom is -0.504 e. The molecule has 0 aliphatic rings. The first-order valence-electron chi connectivity index (χ1n) is 9.12. The zero-order valence-electron chi connectivity index (χ0n) is 16.1. The maximum Gasteiger partial charge on any atom is 0.198 e. The number of nitrogens with two attached hydrogens (primary N) is 1. The lowest BCUT2D eigenvalue weighted by Crippen LogP contribution is -2.01. The van der Waals surface area contributed by atoms with Gasteiger partial charge in [0.15, 0.2) is 23.2 Å². The number of phenols is 1. The number of nitrogens with zero attached hydrogens (tertiary/aromatic N) is 1. The quantitative estimate of drug-likeness (QED) is 0.227. The van der Waals surface area contributed by atoms with E-state index in [2.05, 4.69) is 9.98 Å². The molecule has 0 fully saturated rings. The molecule has 0 amide bonds. The summed E-state index contributed by atoms with van der Waals surface area (Å²) in [5.41, 5.74) is 8.86. The molecule has 0 unspecified atom stereocenters. The average molecular weight is 401 g/mol. The number of fused-ring (bicyclic) bond motifs is 1. The Morgan fingerprint density at radius 2 is 1.77 bits per heavy atom. The predicted octanol–water partition coefficient (Wildman–Crippen LogP) is 4.15. The Bertz CT molecular complexity index is 1270. The number of nitrogens with one attached hydrogen (secondary N) is 1. The molecule has 0 spiro atoms. The van der Waals surface area contributed by atoms with Crippen molar-refractivity contribution in [1.82, 2.24) is 4.98 Å². The summed E-state index contributed by atoms with van der Waals surface area (Å²) in [7, 11) is 1.47. The number of H-pyrrole nitrogens is 1. The minimum atomic E-state index is -0.144. The highest BCUT2D eigenvalue weighted by atomic mass is 16.5. The van der Waals surface area contributed by atoms with Gasteiger partial charge in [-0.3, -0.25) is 9.79 Å². The number of ketones is 1. The number of phenolic OH excluding ortho intramolecular Hbond substituents is 1. The van der Waals surface area contributed by atoms with Crippen LogP contribution in [0.5, 0.6) is 17.4 Å². The van der Waals surface area contributed by atoms with Crippen molar-refractivity contribution < 1.29 is 19.7 Å². The highest BCUT2D eigenvalue weighted by molar-refractivity contribution is 6.12. The SMILES string of the molecule is COc1ccc(N=Cc2c(O)[nH]c3cc(C(=O)c4ccc(N)cc4)ccc23)cc1O. The molecule has 0 bridgehead atoms. The molecule has 0 aliphatic carbocycles. The molecule has 4 aromatic rings. The number of nitrogen functional groups attached to an aromatic ring is 1. The van der Waals surface area contributed by atoms with Crippen molar-refractivity contribution in [3.8, 4) is 17.4 Å². The van der Waals surface area contributed by atoms with Crippen LogP contribution in [0.3, 0.4) is 0 Å². The van der Waals surface area contributed by atoms with Crippen LogP contribution in [0, 0.1) is 0 Å². The number of anilines is 1. The number of hydrogen-bond acceptors (Lipinski definition) is 6. The van der Waals surface area contributed by atoms with Crippen molar-refractivity contribution in [2.24, 2.45) is 4.99 Å². The summed E-state index contributed by atoms with van der Waals surface area (Å²) >= 11 is 0. The summed E-state index contributed by atoms with van der Waals surface area (Å²) in [5.74, 6) is 0.113. The van der Waals surface area contributed by atoms with Crippen molar-refractivity contribution in [3.63, 3.8) is 0 Å². The molecule has 0 aliphatic heterocycles. The van der Waals surface area contributed by atoms with E-state index in [0.717, 1.165) is 0 Å². The summed E-state index contributed by atoms with van der Waals surface area (Å²) in [4.78, 5) is 19.9. The molecule has 3 aromatic carbocycles. The fourth-order valence-electron chi connectivity index (χ4n) is 3.18. The highest BCUT2D eigenvalue weighted by Gasteiger charge is 2.14. The lowest BCUT2D eigenvalue weighted by molar-refractivity contribution is 0.103. The maximum absolute atomic E-state index is 12.7. The number of methoxy groups -OCH3 is 1. The number of carbonyl (C=O) groups is 1. The van der Waals surface area contributed by atoms with E-state index in [1.807, 2.05) is 0 Å². The van der Waals surface area contributed by atoms with E-state index in [4.69, 9.17) is 10.5 Å². The first kappa shape index (κ1) is 19.1. The number of hydrogen-bond donors (Lipinski definition) is 4. The van der Waals surface area contributed by atoms with Crippen molar-refractivity contribution in [3.05, 3.63) is 77.4 Å². The van der Waals surface area contributed by atoms with Crippen LogP contribution in [0.15, 0.2) is 65.7 Å². The third-order valence-corrected chi connectivity index (χ3v) is 4.76. The van der Waals surface area contributed by atoms with E-state index in [1.165, 1.54) is 19.4 Å². The standard InChI is InChI=1S/C23H19N3O4/c1-30-21-9-7-16(11-20(21)27)25-12-18-17-8-4-14(10-19(17)26-23(18)29)22(28)13-2-5-15(24)6-3-13/h2-12,26-27,29H,24H2,1H3. The van der Waals surface area contributed by atoms with Crippen LogP contribution in [0.4, 0.5) is 11.4 Å². The summed E-state index contributed by atoms with van der Waals surface area (Å²) in [6.45, 7) is 0. The van der Waals surface area contributed by atoms with E-state index in [1.54, 1.807) is 54.6 Å². The first-order chi connectivity index (χ1) is 14.5. The van der Waals surface area contributed by atoms with Gasteiger partial charge < -0.3 is 25.7 Å². The topological polar surface area (TPSA) is 121 Å². The second-order valence-electron chi connectivity index (χ2n) is 6.71. The van der Waals surface area contributed by atoms with E-state index in [-0.39, 0.29) is 17.4 Å². The molecular weight excluding hydrogens is 382 g/mol. The third kappa shape index (κ3) is 3.56. The normalized spacial score (nSPS) is 11.2. The Hall–Kier alpha value is -4.26. The Morgan fingerprint density at radius 3 is 2.47 bits per heavy atom. The molecule has 30 heavy (non-hydrogen) atoms. The van der Waals surface area contributed by atoms with Gasteiger partial charge in [0.05, 0.1) is 18.4 Å². The van der Waals surface area contributed by atoms with Gasteiger partial charge in [0, 0.05) is 40.0 Å². The Morgan fingerprint density at radius 1 is 1.03 bits per heavy atom. The minimum absolute atomic E-state index is 0.0267. The van der Waals surface area contributed by atoms with Crippen molar-refractivity contribution >= 4 is 34.3 Å². The highest BCUT2D eigenvalue weighted by Crippen LogP contribution is 2.31. The van der Waals surface area contributed by atoms with Gasteiger partial charge in [-0.15, -0.1) is 0 Å². The van der Waals surface area contributed by atoms with E-state index in [0.29, 0.717) is 44.7 Å². The number of aromatic amines is 1. The number of aromatic nitrogens is 1. The molecule has 7 nitrogen and oxygen atoms in total. The third-order valence-electron chi connectivity index (χ3n) is 4.76. The van der Waals surface area contributed by atoms with Crippen molar-refractivity contribution in [1.29, 1.82) is 0 Å². The summed E-state index contributed by atoms with van der Waals surface area (Å²) in [6, 6.07) is 16.6. The number of aromatic hydroxyl groups is 2. The Kier molecular flexibility index (Phi) is 4.85. The monoisotopic (exact) mass is 401 g/mol. The van der Waals surface area contributed by atoms with Gasteiger partial charge in [-0.25, -0.2) is 0 Å². The van der Waals surface area contributed by atoms with Crippen molar-refractivity contribution in [2.75, 3.05) is 12.8 Å². The van der Waals surface area contributed by atoms with Crippen LogP contribution in [0.1, 0.15) is 21.5 Å². The smallest absolute Gasteiger partial charge is 0.198 e. The average Bonchev–Trinajstić information content (AvgIpc) is 3.06. The number of rotatable bonds is 5. The van der Waals surface area contributed by atoms with Crippen LogP contribution >= 0.6 is 0 Å². The van der Waals surface area contributed by atoms with Gasteiger partial charge >= 0.3 is 0 Å². The van der Waals surface area contributed by atoms with E-state index in [9.17, 15) is 15.0 Å². The zero-order valence-corrected chi connectivity index (χ0v) is 16.1. The number of aliphatic imine (C=N–C) groups is 1. The lowest BCUT2D eigenvalue weighted by Gasteiger charge is -2.03. The van der Waals surface area contributed by atoms with Crippen molar-refractivity contribution in [2.45, 2.75) is 0 Å². The van der Waals surface area contributed by atoms with Crippen LogP contribution in [-0.2, 0) is 0 Å². The lowest BCUT2D eigenvalue weighted by atomic mass is 10.0. The Balaban J connectivity index is 1.66. The fraction of sp³-hybridized carbons (Fsp3) is 0.0435. The summed E-state index contributed by atoms with van der Waals surface area (Å²) in [5, 5.41) is 20.9.